The number of fused-ring (bicyclic) bond motifs is 5. The second-order valence-corrected chi connectivity index (χ2v) is 6.32. The maximum Gasteiger partial charge on any atom is 0.270 e. The number of imide groups is 1. The Kier molecular flexibility index (Phi) is 2.73. The minimum atomic E-state index is -0.429. The van der Waals surface area contributed by atoms with Crippen LogP contribution in [-0.2, 0) is 9.59 Å². The number of nitrogens with zero attached hydrogens (tertiary/aromatic N) is 1. The number of hydrazine groups is 1. The third kappa shape index (κ3) is 1.75. The average molecular weight is 296 g/mol. The molecule has 22 heavy (non-hydrogen) atoms. The molecule has 0 spiro atoms. The fourth-order valence-corrected chi connectivity index (χ4v) is 3.88. The van der Waals surface area contributed by atoms with Gasteiger partial charge in [-0.15, -0.1) is 0 Å². The van der Waals surface area contributed by atoms with Crippen LogP contribution < -0.4 is 5.43 Å². The normalized spacial score (nSPS) is 31.8. The van der Waals surface area contributed by atoms with E-state index in [2.05, 4.69) is 5.43 Å². The number of allylic oxidation sites excluding steroid dienone is 2. The van der Waals surface area contributed by atoms with Crippen LogP contribution in [0, 0.1) is 30.6 Å². The summed E-state index contributed by atoms with van der Waals surface area (Å²) in [5, 5.41) is 0.934. The van der Waals surface area contributed by atoms with E-state index in [-0.39, 0.29) is 35.5 Å². The lowest BCUT2D eigenvalue weighted by Crippen LogP contribution is -2.47. The third-order valence-corrected chi connectivity index (χ3v) is 5.00. The molecule has 1 aliphatic heterocycles. The molecule has 1 heterocycles. The highest BCUT2D eigenvalue weighted by atomic mass is 16.2. The van der Waals surface area contributed by atoms with Gasteiger partial charge >= 0.3 is 0 Å². The highest BCUT2D eigenvalue weighted by Gasteiger charge is 2.59. The lowest BCUT2D eigenvalue weighted by atomic mass is 9.85. The summed E-state index contributed by atoms with van der Waals surface area (Å²) in [7, 11) is 0. The Morgan fingerprint density at radius 1 is 1.05 bits per heavy atom. The number of carbonyl (C=O) groups excluding carboxylic acids is 3. The molecule has 1 aromatic carbocycles. The zero-order valence-corrected chi connectivity index (χ0v) is 12.2. The molecule has 0 aromatic heterocycles. The van der Waals surface area contributed by atoms with Crippen molar-refractivity contribution in [2.75, 3.05) is 0 Å². The van der Waals surface area contributed by atoms with Gasteiger partial charge in [0.25, 0.3) is 17.7 Å². The fourth-order valence-electron chi connectivity index (χ4n) is 3.88. The summed E-state index contributed by atoms with van der Waals surface area (Å²) in [5.41, 5.74) is 3.96. The van der Waals surface area contributed by atoms with E-state index in [9.17, 15) is 14.4 Å². The van der Waals surface area contributed by atoms with E-state index in [1.165, 1.54) is 0 Å². The van der Waals surface area contributed by atoms with Crippen molar-refractivity contribution in [1.29, 1.82) is 0 Å². The molecule has 4 atom stereocenters. The predicted molar refractivity (Wildman–Crippen MR) is 78.2 cm³/mol. The number of nitrogens with one attached hydrogen (secondary N) is 1. The summed E-state index contributed by atoms with van der Waals surface area (Å²) < 4.78 is 0. The Bertz CT molecular complexity index is 677. The second kappa shape index (κ2) is 4.53. The summed E-state index contributed by atoms with van der Waals surface area (Å²) in [6.45, 7) is 1.93. The largest absolute Gasteiger partial charge is 0.272 e. The number of hydrogen-bond acceptors (Lipinski definition) is 3. The van der Waals surface area contributed by atoms with Crippen molar-refractivity contribution >= 4 is 17.7 Å². The quantitative estimate of drug-likeness (QED) is 0.663. The topological polar surface area (TPSA) is 66.5 Å². The Hall–Kier alpha value is -2.43. The van der Waals surface area contributed by atoms with E-state index in [0.717, 1.165) is 17.0 Å². The van der Waals surface area contributed by atoms with E-state index >= 15 is 0 Å². The lowest BCUT2D eigenvalue weighted by molar-refractivity contribution is -0.143. The van der Waals surface area contributed by atoms with Gasteiger partial charge in [0.15, 0.2) is 0 Å². The molecule has 1 N–H and O–H groups in total. The molecule has 4 rings (SSSR count). The molecule has 5 nitrogen and oxygen atoms in total. The van der Waals surface area contributed by atoms with Gasteiger partial charge in [-0.2, -0.15) is 5.01 Å². The minimum Gasteiger partial charge on any atom is -0.272 e. The molecule has 2 fully saturated rings. The molecule has 5 heteroatoms. The molecule has 2 aliphatic carbocycles. The van der Waals surface area contributed by atoms with Crippen molar-refractivity contribution in [2.45, 2.75) is 13.3 Å². The van der Waals surface area contributed by atoms with Crippen LogP contribution in [-0.4, -0.2) is 22.7 Å². The summed E-state index contributed by atoms with van der Waals surface area (Å²) in [5.74, 6) is -1.26. The third-order valence-electron chi connectivity index (χ3n) is 5.00. The Balaban J connectivity index is 1.54. The van der Waals surface area contributed by atoms with Crippen molar-refractivity contribution in [3.05, 3.63) is 47.5 Å². The first-order valence-corrected chi connectivity index (χ1v) is 7.50. The molecule has 3 amide bonds. The van der Waals surface area contributed by atoms with E-state index in [4.69, 9.17) is 0 Å². The Labute approximate surface area is 128 Å². The van der Waals surface area contributed by atoms with Crippen molar-refractivity contribution in [1.82, 2.24) is 10.4 Å². The predicted octanol–water partition coefficient (Wildman–Crippen LogP) is 1.45. The Morgan fingerprint density at radius 3 is 2.14 bits per heavy atom. The molecule has 1 saturated heterocycles. The number of benzene rings is 1. The smallest absolute Gasteiger partial charge is 0.270 e. The number of aryl methyl sites for hydroxylation is 1. The van der Waals surface area contributed by atoms with Crippen LogP contribution in [0.1, 0.15) is 22.3 Å². The molecule has 3 aliphatic rings. The zero-order valence-electron chi connectivity index (χ0n) is 12.2. The highest BCUT2D eigenvalue weighted by molar-refractivity contribution is 6.08. The first-order chi connectivity index (χ1) is 10.6. The van der Waals surface area contributed by atoms with Crippen LogP contribution in [0.4, 0.5) is 0 Å². The van der Waals surface area contributed by atoms with E-state index < -0.39 is 5.91 Å². The van der Waals surface area contributed by atoms with Gasteiger partial charge in [-0.05, 0) is 37.3 Å². The second-order valence-electron chi connectivity index (χ2n) is 6.32. The number of amides is 3. The van der Waals surface area contributed by atoms with Crippen molar-refractivity contribution in [3.8, 4) is 0 Å². The van der Waals surface area contributed by atoms with Crippen LogP contribution in [0.25, 0.3) is 0 Å². The van der Waals surface area contributed by atoms with Gasteiger partial charge in [0, 0.05) is 5.56 Å². The van der Waals surface area contributed by atoms with Gasteiger partial charge in [-0.25, -0.2) is 0 Å². The van der Waals surface area contributed by atoms with Gasteiger partial charge in [-0.3, -0.25) is 19.8 Å². The van der Waals surface area contributed by atoms with E-state index in [1.54, 1.807) is 12.1 Å². The molecule has 1 aromatic rings. The highest BCUT2D eigenvalue weighted by Crippen LogP contribution is 2.52. The zero-order chi connectivity index (χ0) is 15.4. The van der Waals surface area contributed by atoms with E-state index in [1.807, 2.05) is 31.2 Å². The molecular formula is C17H16N2O3. The molecule has 0 unspecified atom stereocenters. The molecule has 1 saturated carbocycles. The first kappa shape index (κ1) is 13.2. The molecule has 0 radical (unpaired) electrons. The van der Waals surface area contributed by atoms with Gasteiger partial charge in [0.05, 0.1) is 11.8 Å². The van der Waals surface area contributed by atoms with Crippen molar-refractivity contribution < 1.29 is 14.4 Å². The van der Waals surface area contributed by atoms with Crippen LogP contribution in [0.2, 0.25) is 0 Å². The van der Waals surface area contributed by atoms with Gasteiger partial charge in [0.1, 0.15) is 0 Å². The maximum absolute atomic E-state index is 12.5. The summed E-state index contributed by atoms with van der Waals surface area (Å²) in [4.78, 5) is 37.2. The number of hydrogen-bond donors (Lipinski definition) is 1. The van der Waals surface area contributed by atoms with Gasteiger partial charge in [0.2, 0.25) is 0 Å². The van der Waals surface area contributed by atoms with Gasteiger partial charge in [-0.1, -0.05) is 29.8 Å². The van der Waals surface area contributed by atoms with Gasteiger partial charge < -0.3 is 0 Å². The number of carbonyl (C=O) groups is 3. The average Bonchev–Trinajstić information content (AvgIpc) is 3.17. The summed E-state index contributed by atoms with van der Waals surface area (Å²) in [6.07, 6.45) is 4.94. The van der Waals surface area contributed by atoms with Crippen LogP contribution in [0.3, 0.4) is 0 Å². The van der Waals surface area contributed by atoms with Crippen LogP contribution in [0.5, 0.6) is 0 Å². The summed E-state index contributed by atoms with van der Waals surface area (Å²) >= 11 is 0. The maximum atomic E-state index is 12.5. The van der Waals surface area contributed by atoms with Crippen LogP contribution in [0.15, 0.2) is 36.4 Å². The SMILES string of the molecule is Cc1ccc(C(=O)NN2C(=O)[C@@H]3[C@H](C2=O)[C@@H]2C=C[C@H]3C2)cc1. The monoisotopic (exact) mass is 296 g/mol. The molecule has 2 bridgehead atoms. The van der Waals surface area contributed by atoms with Crippen LogP contribution >= 0.6 is 0 Å². The van der Waals surface area contributed by atoms with Crippen molar-refractivity contribution in [3.63, 3.8) is 0 Å². The Morgan fingerprint density at radius 2 is 1.59 bits per heavy atom. The van der Waals surface area contributed by atoms with Crippen molar-refractivity contribution in [2.24, 2.45) is 23.7 Å². The summed E-state index contributed by atoms with van der Waals surface area (Å²) in [6, 6.07) is 7.01. The lowest BCUT2D eigenvalue weighted by Gasteiger charge is -2.18. The molecular weight excluding hydrogens is 280 g/mol. The van der Waals surface area contributed by atoms with E-state index in [0.29, 0.717) is 5.56 Å². The number of rotatable bonds is 2. The standard InChI is InChI=1S/C17H16N2O3/c1-9-2-4-10(5-3-9)15(20)18-19-16(21)13-11-6-7-12(8-11)14(13)17(19)22/h2-7,11-14H,8H2,1H3,(H,18,20)/t11-,12+,13-,14+. The minimum absolute atomic E-state index is 0.146. The fraction of sp³-hybridized carbons (Fsp3) is 0.353. The molecule has 112 valence electrons. The first-order valence-electron chi connectivity index (χ1n) is 7.50.